The predicted octanol–water partition coefficient (Wildman–Crippen LogP) is 1.53. The molecule has 0 aromatic heterocycles. The number of piperidine rings is 1. The van der Waals surface area contributed by atoms with Gasteiger partial charge in [0.05, 0.1) is 7.11 Å². The minimum Gasteiger partial charge on any atom is -0.468 e. The molecule has 1 aromatic carbocycles. The number of ether oxygens (including phenoxy) is 1. The van der Waals surface area contributed by atoms with Crippen LogP contribution in [0, 0.1) is 5.82 Å². The highest BCUT2D eigenvalue weighted by atomic mass is 19.1. The van der Waals surface area contributed by atoms with Crippen LogP contribution in [0.3, 0.4) is 0 Å². The van der Waals surface area contributed by atoms with E-state index in [4.69, 9.17) is 4.74 Å². The van der Waals surface area contributed by atoms with E-state index in [2.05, 4.69) is 0 Å². The largest absolute Gasteiger partial charge is 0.468 e. The van der Waals surface area contributed by atoms with Crippen molar-refractivity contribution in [2.45, 2.75) is 25.4 Å². The Hall–Kier alpha value is -1.75. The lowest BCUT2D eigenvalue weighted by molar-refractivity contribution is -0.151. The summed E-state index contributed by atoms with van der Waals surface area (Å²) in [5.74, 6) is -0.608. The monoisotopic (exact) mass is 265 g/mol. The van der Waals surface area contributed by atoms with Gasteiger partial charge in [0.1, 0.15) is 17.6 Å². The molecule has 1 saturated heterocycles. The number of carbonyl (C=O) groups is 2. The molecule has 1 unspecified atom stereocenters. The van der Waals surface area contributed by atoms with Gasteiger partial charge >= 0.3 is 5.97 Å². The molecular weight excluding hydrogens is 249 g/mol. The van der Waals surface area contributed by atoms with Gasteiger partial charge in [-0.1, -0.05) is 12.1 Å². The van der Waals surface area contributed by atoms with E-state index in [1.165, 1.54) is 19.2 Å². The molecule has 0 N–H and O–H groups in total. The standard InChI is InChI=1S/C14H16FNO3/c1-19-14(18)13-8-12(17)6-7-16(13)9-10-2-4-11(15)5-3-10/h2-5,13H,6-9H2,1H3. The third-order valence-electron chi connectivity index (χ3n) is 3.31. The highest BCUT2D eigenvalue weighted by molar-refractivity contribution is 5.87. The Morgan fingerprint density at radius 2 is 2.11 bits per heavy atom. The second-order valence-electron chi connectivity index (χ2n) is 4.63. The van der Waals surface area contributed by atoms with E-state index in [1.54, 1.807) is 12.1 Å². The average Bonchev–Trinajstić information content (AvgIpc) is 2.42. The summed E-state index contributed by atoms with van der Waals surface area (Å²) in [6.45, 7) is 1.03. The molecule has 1 aliphatic heterocycles. The molecule has 1 aliphatic rings. The van der Waals surface area contributed by atoms with Gasteiger partial charge in [0, 0.05) is 25.9 Å². The predicted molar refractivity (Wildman–Crippen MR) is 66.9 cm³/mol. The van der Waals surface area contributed by atoms with Crippen LogP contribution in [0.25, 0.3) is 0 Å². The van der Waals surface area contributed by atoms with Gasteiger partial charge in [-0.25, -0.2) is 4.39 Å². The molecule has 5 heteroatoms. The fraction of sp³-hybridized carbons (Fsp3) is 0.429. The Bertz CT molecular complexity index is 472. The van der Waals surface area contributed by atoms with Crippen molar-refractivity contribution in [2.24, 2.45) is 0 Å². The van der Waals surface area contributed by atoms with E-state index in [-0.39, 0.29) is 18.0 Å². The number of hydrogen-bond donors (Lipinski definition) is 0. The minimum absolute atomic E-state index is 0.0748. The van der Waals surface area contributed by atoms with Crippen LogP contribution in [0.4, 0.5) is 4.39 Å². The number of methoxy groups -OCH3 is 1. The molecule has 1 atom stereocenters. The van der Waals surface area contributed by atoms with Crippen molar-refractivity contribution in [3.8, 4) is 0 Å². The molecule has 0 spiro atoms. The maximum atomic E-state index is 12.8. The van der Waals surface area contributed by atoms with Crippen molar-refractivity contribution in [3.63, 3.8) is 0 Å². The maximum absolute atomic E-state index is 12.8. The summed E-state index contributed by atoms with van der Waals surface area (Å²) in [4.78, 5) is 25.0. The molecule has 1 fully saturated rings. The van der Waals surface area contributed by atoms with Crippen LogP contribution in [-0.4, -0.2) is 36.3 Å². The number of likely N-dealkylation sites (tertiary alicyclic amines) is 1. The van der Waals surface area contributed by atoms with Crippen molar-refractivity contribution in [1.29, 1.82) is 0 Å². The molecule has 19 heavy (non-hydrogen) atoms. The van der Waals surface area contributed by atoms with Gasteiger partial charge in [-0.05, 0) is 17.7 Å². The first-order valence-corrected chi connectivity index (χ1v) is 6.18. The third kappa shape index (κ3) is 3.38. The number of ketones is 1. The molecular formula is C14H16FNO3. The summed E-state index contributed by atoms with van der Waals surface area (Å²) in [5.41, 5.74) is 0.907. The van der Waals surface area contributed by atoms with E-state index >= 15 is 0 Å². The summed E-state index contributed by atoms with van der Waals surface area (Å²) >= 11 is 0. The highest BCUT2D eigenvalue weighted by Gasteiger charge is 2.33. The summed E-state index contributed by atoms with van der Waals surface area (Å²) in [6.07, 6.45) is 0.628. The summed E-state index contributed by atoms with van der Waals surface area (Å²) in [7, 11) is 1.32. The van der Waals surface area contributed by atoms with Crippen LogP contribution in [0.2, 0.25) is 0 Å². The van der Waals surface area contributed by atoms with Gasteiger partial charge < -0.3 is 4.74 Å². The van der Waals surface area contributed by atoms with Crippen molar-refractivity contribution >= 4 is 11.8 Å². The molecule has 1 heterocycles. The van der Waals surface area contributed by atoms with E-state index < -0.39 is 12.0 Å². The van der Waals surface area contributed by atoms with E-state index in [1.807, 2.05) is 4.90 Å². The van der Waals surface area contributed by atoms with Gasteiger partial charge in [-0.3, -0.25) is 14.5 Å². The molecule has 1 aromatic rings. The number of rotatable bonds is 3. The molecule has 0 aliphatic carbocycles. The fourth-order valence-corrected chi connectivity index (χ4v) is 2.25. The Labute approximate surface area is 111 Å². The van der Waals surface area contributed by atoms with Gasteiger partial charge in [0.2, 0.25) is 0 Å². The first-order chi connectivity index (χ1) is 9.10. The molecule has 0 bridgehead atoms. The molecule has 0 radical (unpaired) electrons. The third-order valence-corrected chi connectivity index (χ3v) is 3.31. The Morgan fingerprint density at radius 3 is 2.74 bits per heavy atom. The zero-order valence-corrected chi connectivity index (χ0v) is 10.8. The normalized spacial score (nSPS) is 20.3. The van der Waals surface area contributed by atoms with Gasteiger partial charge in [0.15, 0.2) is 0 Å². The lowest BCUT2D eigenvalue weighted by Gasteiger charge is -2.32. The lowest BCUT2D eigenvalue weighted by atomic mass is 10.00. The molecule has 4 nitrogen and oxygen atoms in total. The number of benzene rings is 1. The van der Waals surface area contributed by atoms with Crippen LogP contribution >= 0.6 is 0 Å². The Balaban J connectivity index is 2.10. The van der Waals surface area contributed by atoms with Gasteiger partial charge in [-0.15, -0.1) is 0 Å². The van der Waals surface area contributed by atoms with Crippen molar-refractivity contribution < 1.29 is 18.7 Å². The van der Waals surface area contributed by atoms with Crippen molar-refractivity contribution in [3.05, 3.63) is 35.6 Å². The van der Waals surface area contributed by atoms with E-state index in [0.717, 1.165) is 5.56 Å². The summed E-state index contributed by atoms with van der Waals surface area (Å²) in [5, 5.41) is 0. The number of esters is 1. The van der Waals surface area contributed by atoms with Gasteiger partial charge in [-0.2, -0.15) is 0 Å². The molecule has 0 amide bonds. The number of nitrogens with zero attached hydrogens (tertiary/aromatic N) is 1. The van der Waals surface area contributed by atoms with Crippen molar-refractivity contribution in [2.75, 3.05) is 13.7 Å². The first-order valence-electron chi connectivity index (χ1n) is 6.18. The fourth-order valence-electron chi connectivity index (χ4n) is 2.25. The highest BCUT2D eigenvalue weighted by Crippen LogP contribution is 2.19. The quantitative estimate of drug-likeness (QED) is 0.778. The minimum atomic E-state index is -0.531. The summed E-state index contributed by atoms with van der Waals surface area (Å²) < 4.78 is 17.6. The van der Waals surface area contributed by atoms with Gasteiger partial charge in [0.25, 0.3) is 0 Å². The van der Waals surface area contributed by atoms with E-state index in [0.29, 0.717) is 19.5 Å². The number of Topliss-reactive ketones (excluding diaryl/α,β-unsaturated/α-hetero) is 1. The average molecular weight is 265 g/mol. The van der Waals surface area contributed by atoms with Crippen LogP contribution in [0.1, 0.15) is 18.4 Å². The van der Waals surface area contributed by atoms with Crippen LogP contribution in [0.15, 0.2) is 24.3 Å². The molecule has 2 rings (SSSR count). The smallest absolute Gasteiger partial charge is 0.323 e. The summed E-state index contributed by atoms with van der Waals surface area (Å²) in [6, 6.07) is 5.60. The van der Waals surface area contributed by atoms with E-state index in [9.17, 15) is 14.0 Å². The second-order valence-corrected chi connectivity index (χ2v) is 4.63. The van der Waals surface area contributed by atoms with Crippen LogP contribution in [0.5, 0.6) is 0 Å². The van der Waals surface area contributed by atoms with Crippen LogP contribution in [-0.2, 0) is 20.9 Å². The first kappa shape index (κ1) is 13.7. The van der Waals surface area contributed by atoms with Crippen molar-refractivity contribution in [1.82, 2.24) is 4.90 Å². The Morgan fingerprint density at radius 1 is 1.42 bits per heavy atom. The Kier molecular flexibility index (Phi) is 4.27. The second kappa shape index (κ2) is 5.93. The zero-order chi connectivity index (χ0) is 13.8. The lowest BCUT2D eigenvalue weighted by Crippen LogP contribution is -2.47. The van der Waals surface area contributed by atoms with Crippen LogP contribution < -0.4 is 0 Å². The number of carbonyl (C=O) groups excluding carboxylic acids is 2. The molecule has 102 valence electrons. The number of halogens is 1. The number of hydrogen-bond acceptors (Lipinski definition) is 4. The maximum Gasteiger partial charge on any atom is 0.323 e. The topological polar surface area (TPSA) is 46.6 Å². The SMILES string of the molecule is COC(=O)C1CC(=O)CCN1Cc1ccc(F)cc1. The molecule has 0 saturated carbocycles. The zero-order valence-electron chi connectivity index (χ0n) is 10.8.